The van der Waals surface area contributed by atoms with Gasteiger partial charge in [-0.3, -0.25) is 0 Å². The Morgan fingerprint density at radius 2 is 0.810 bits per heavy atom. The summed E-state index contributed by atoms with van der Waals surface area (Å²) in [6, 6.07) is 56.3. The second kappa shape index (κ2) is 15.2. The fraction of sp³-hybridized carbons (Fsp3) is 0.185. The van der Waals surface area contributed by atoms with Crippen LogP contribution in [0, 0.1) is 0 Å². The normalized spacial score (nSPS) is 17.3. The molecule has 8 aromatic rings. The minimum Gasteiger partial charge on any atom is -1.00 e. The van der Waals surface area contributed by atoms with Gasteiger partial charge >= 0.3 is 346 Å². The maximum atomic E-state index is 2.75. The Morgan fingerprint density at radius 3 is 1.22 bits per heavy atom. The first-order valence-corrected chi connectivity index (χ1v) is 26.6. The van der Waals surface area contributed by atoms with Crippen LogP contribution in [-0.4, -0.2) is 8.07 Å². The van der Waals surface area contributed by atoms with Crippen molar-refractivity contribution in [3.8, 4) is 22.3 Å². The Hall–Kier alpha value is -4.04. The van der Waals surface area contributed by atoms with E-state index in [4.69, 9.17) is 0 Å². The monoisotopic (exact) mass is 882 g/mol. The zero-order valence-corrected chi connectivity index (χ0v) is 38.6. The van der Waals surface area contributed by atoms with Crippen molar-refractivity contribution in [1.82, 2.24) is 0 Å². The van der Waals surface area contributed by atoms with Crippen molar-refractivity contribution in [3.05, 3.63) is 179 Å². The van der Waals surface area contributed by atoms with Crippen LogP contribution >= 0.6 is 0 Å². The SMILES string of the molecule is CCCC1=C2c3c(-c4cc5ccccc5c5ccccc45)cccc3[CH]1[Zr+2][CH]1C(CCC)=C(c3c(-c4cc5ccccc5c5ccccc45)cccc31)[Si]2(C)C.[Cl-].[Cl-]. The van der Waals surface area contributed by atoms with Crippen molar-refractivity contribution in [2.45, 2.75) is 59.9 Å². The first-order valence-electron chi connectivity index (χ1n) is 20.8. The van der Waals surface area contributed by atoms with E-state index in [1.807, 2.05) is 11.1 Å². The molecule has 58 heavy (non-hydrogen) atoms. The molecule has 2 aliphatic carbocycles. The van der Waals surface area contributed by atoms with Crippen molar-refractivity contribution in [3.63, 3.8) is 0 Å². The van der Waals surface area contributed by atoms with Gasteiger partial charge in [0, 0.05) is 0 Å². The summed E-state index contributed by atoms with van der Waals surface area (Å²) in [5.74, 6) is 0. The summed E-state index contributed by atoms with van der Waals surface area (Å²) in [5, 5.41) is 14.4. The molecule has 0 radical (unpaired) electrons. The number of halogens is 2. The summed E-state index contributed by atoms with van der Waals surface area (Å²) in [7, 11) is -2.34. The van der Waals surface area contributed by atoms with Gasteiger partial charge in [-0.15, -0.1) is 0 Å². The van der Waals surface area contributed by atoms with Crippen LogP contribution in [0.3, 0.4) is 0 Å². The second-order valence-electron chi connectivity index (χ2n) is 16.9. The summed E-state index contributed by atoms with van der Waals surface area (Å²) in [4.78, 5) is 0. The molecule has 0 N–H and O–H groups in total. The summed E-state index contributed by atoms with van der Waals surface area (Å²) >= 11 is -1.08. The number of hydrogen-bond acceptors (Lipinski definition) is 0. The Labute approximate surface area is 367 Å². The molecule has 1 heterocycles. The van der Waals surface area contributed by atoms with Crippen LogP contribution in [0.2, 0.25) is 13.1 Å². The first kappa shape index (κ1) is 39.4. The van der Waals surface area contributed by atoms with E-state index in [-0.39, 0.29) is 24.8 Å². The van der Waals surface area contributed by atoms with Crippen LogP contribution < -0.4 is 24.8 Å². The third kappa shape index (κ3) is 5.69. The molecule has 3 aliphatic rings. The molecule has 0 nitrogen and oxygen atoms in total. The van der Waals surface area contributed by atoms with Gasteiger partial charge in [0.15, 0.2) is 0 Å². The second-order valence-corrected chi connectivity index (χ2v) is 24.8. The van der Waals surface area contributed by atoms with Crippen molar-refractivity contribution < 1.29 is 48.0 Å². The van der Waals surface area contributed by atoms with Gasteiger partial charge in [-0.1, -0.05) is 0 Å². The van der Waals surface area contributed by atoms with Crippen LogP contribution in [0.1, 0.15) is 69.0 Å². The molecule has 0 spiro atoms. The number of hydrogen-bond donors (Lipinski definition) is 0. The van der Waals surface area contributed by atoms with E-state index >= 15 is 0 Å². The van der Waals surface area contributed by atoms with E-state index < -0.39 is 31.3 Å². The van der Waals surface area contributed by atoms with E-state index in [0.717, 1.165) is 0 Å². The molecule has 0 amide bonds. The number of allylic oxidation sites excluding steroid dienone is 2. The minimum atomic E-state index is -2.34. The Kier molecular flexibility index (Phi) is 10.3. The molecule has 2 unspecified atom stereocenters. The van der Waals surface area contributed by atoms with Gasteiger partial charge in [0.25, 0.3) is 0 Å². The maximum absolute atomic E-state index is 2.75. The summed E-state index contributed by atoms with van der Waals surface area (Å²) in [6.07, 6.45) is 4.83. The average molecular weight is 885 g/mol. The van der Waals surface area contributed by atoms with Gasteiger partial charge in [0.2, 0.25) is 0 Å². The molecule has 284 valence electrons. The molecule has 2 atom stereocenters. The van der Waals surface area contributed by atoms with Gasteiger partial charge in [0.05, 0.1) is 0 Å². The zero-order chi connectivity index (χ0) is 37.7. The molecular formula is C54H46Cl2SiZr. The Balaban J connectivity index is 0.00000218. The van der Waals surface area contributed by atoms with Crippen molar-refractivity contribution in [2.75, 3.05) is 0 Å². The summed E-state index contributed by atoms with van der Waals surface area (Å²) < 4.78 is 1.22. The van der Waals surface area contributed by atoms with E-state index in [1.165, 1.54) is 91.0 Å². The number of rotatable bonds is 6. The van der Waals surface area contributed by atoms with Crippen LogP contribution in [0.15, 0.2) is 157 Å². The fourth-order valence-electron chi connectivity index (χ4n) is 11.3. The van der Waals surface area contributed by atoms with Crippen molar-refractivity contribution in [1.29, 1.82) is 0 Å². The molecule has 4 bridgehead atoms. The molecule has 11 rings (SSSR count). The molecule has 4 heteroatoms. The van der Waals surface area contributed by atoms with E-state index in [0.29, 0.717) is 7.25 Å². The van der Waals surface area contributed by atoms with Gasteiger partial charge < -0.3 is 24.8 Å². The summed E-state index contributed by atoms with van der Waals surface area (Å²) in [6.45, 7) is 10.3. The van der Waals surface area contributed by atoms with Gasteiger partial charge in [-0.05, 0) is 0 Å². The number of benzene rings is 8. The standard InChI is InChI=1S/C54H46Si.2ClH.Zr/c1-5-17-39-31-37-21-15-29-47(49-33-35-19-7-9-23-41(35)43-25-11-13-27-45(43)49)51(37)53(39)55(3,4)54-40(18-6-2)32-38-22-16-30-48(52(38)54)50-34-36-20-8-10-24-42(36)44-26-12-14-28-46(44)50;;;/h7-16,19-34H,5-6,17-18H2,1-4H3;2*1H;/q;;;+2/p-2. The number of fused-ring (bicyclic) bond motifs is 14. The topological polar surface area (TPSA) is 0 Å². The Bertz CT molecular complexity index is 2820. The minimum absolute atomic E-state index is 0. The predicted octanol–water partition coefficient (Wildman–Crippen LogP) is 9.44. The largest absolute Gasteiger partial charge is 1.00 e. The molecular weight excluding hydrogens is 839 g/mol. The maximum Gasteiger partial charge on any atom is -1.00 e. The molecule has 8 aromatic carbocycles. The van der Waals surface area contributed by atoms with Crippen LogP contribution in [0.5, 0.6) is 0 Å². The average Bonchev–Trinajstić information content (AvgIpc) is 3.74. The van der Waals surface area contributed by atoms with E-state index in [2.05, 4.69) is 173 Å². The first-order chi connectivity index (χ1) is 27.5. The van der Waals surface area contributed by atoms with Gasteiger partial charge in [-0.2, -0.15) is 0 Å². The van der Waals surface area contributed by atoms with Gasteiger partial charge in [-0.25, -0.2) is 0 Å². The molecule has 0 saturated heterocycles. The molecule has 0 fully saturated rings. The quantitative estimate of drug-likeness (QED) is 0.115. The van der Waals surface area contributed by atoms with Crippen LogP contribution in [0.25, 0.3) is 75.7 Å². The summed E-state index contributed by atoms with van der Waals surface area (Å²) in [5.41, 5.74) is 15.9. The van der Waals surface area contributed by atoms with E-state index in [1.54, 1.807) is 32.6 Å². The third-order valence-corrected chi connectivity index (χ3v) is 21.9. The predicted molar refractivity (Wildman–Crippen MR) is 240 cm³/mol. The molecule has 1 aliphatic heterocycles. The van der Waals surface area contributed by atoms with Gasteiger partial charge in [0.1, 0.15) is 0 Å². The van der Waals surface area contributed by atoms with Crippen LogP contribution in [0.4, 0.5) is 0 Å². The van der Waals surface area contributed by atoms with Crippen molar-refractivity contribution >= 4 is 61.6 Å². The zero-order valence-electron chi connectivity index (χ0n) is 33.6. The van der Waals surface area contributed by atoms with E-state index in [9.17, 15) is 0 Å². The molecule has 0 aromatic heterocycles. The van der Waals surface area contributed by atoms with Crippen molar-refractivity contribution in [2.24, 2.45) is 0 Å². The molecule has 0 saturated carbocycles. The smallest absolute Gasteiger partial charge is 1.00 e. The Morgan fingerprint density at radius 1 is 0.431 bits per heavy atom. The van der Waals surface area contributed by atoms with Crippen LogP contribution in [-0.2, 0) is 23.2 Å². The third-order valence-electron chi connectivity index (χ3n) is 13.4. The fourth-order valence-corrected chi connectivity index (χ4v) is 21.6.